The van der Waals surface area contributed by atoms with E-state index in [0.29, 0.717) is 17.8 Å². The maximum atomic E-state index is 5.81. The summed E-state index contributed by atoms with van der Waals surface area (Å²) in [6.07, 6.45) is 7.93. The van der Waals surface area contributed by atoms with E-state index in [1.165, 1.54) is 56.4 Å². The summed E-state index contributed by atoms with van der Waals surface area (Å²) in [6.45, 7) is 3.39. The van der Waals surface area contributed by atoms with Gasteiger partial charge in [0.15, 0.2) is 0 Å². The van der Waals surface area contributed by atoms with Gasteiger partial charge in [0.05, 0.1) is 5.39 Å². The minimum absolute atomic E-state index is 0.563. The molecule has 1 atom stereocenters. The number of rotatable bonds is 2. The lowest BCUT2D eigenvalue weighted by molar-refractivity contribution is 0.142. The van der Waals surface area contributed by atoms with Crippen molar-refractivity contribution < 1.29 is 4.74 Å². The highest BCUT2D eigenvalue weighted by Gasteiger charge is 2.27. The highest BCUT2D eigenvalue weighted by molar-refractivity contribution is 5.86. The first kappa shape index (κ1) is 17.5. The highest BCUT2D eigenvalue weighted by atomic mass is 16.5. The van der Waals surface area contributed by atoms with Crippen molar-refractivity contribution in [2.45, 2.75) is 44.1 Å². The highest BCUT2D eigenvalue weighted by Crippen LogP contribution is 2.40. The van der Waals surface area contributed by atoms with Crippen molar-refractivity contribution in [1.82, 2.24) is 19.9 Å². The molecule has 0 radical (unpaired) electrons. The quantitative estimate of drug-likeness (QED) is 0.714. The third kappa shape index (κ3) is 3.56. The van der Waals surface area contributed by atoms with Gasteiger partial charge in [-0.3, -0.25) is 4.90 Å². The van der Waals surface area contributed by atoms with E-state index in [4.69, 9.17) is 10.5 Å². The van der Waals surface area contributed by atoms with Crippen LogP contribution >= 0.6 is 0 Å². The number of nitrogens with two attached hydrogens (primary N) is 1. The van der Waals surface area contributed by atoms with Crippen LogP contribution in [0.15, 0.2) is 36.7 Å². The number of fused-ring (bicyclic) bond motifs is 2. The Morgan fingerprint density at radius 3 is 2.71 bits per heavy atom. The molecule has 1 aliphatic carbocycles. The van der Waals surface area contributed by atoms with Gasteiger partial charge in [-0.25, -0.2) is 9.97 Å². The van der Waals surface area contributed by atoms with E-state index in [2.05, 4.69) is 50.2 Å². The Morgan fingerprint density at radius 1 is 1.11 bits per heavy atom. The fraction of sp³-hybridized carbons (Fsp3) is 0.455. The molecule has 6 nitrogen and oxygen atoms in total. The number of hydrogen-bond acceptors (Lipinski definition) is 5. The van der Waals surface area contributed by atoms with E-state index in [-0.39, 0.29) is 0 Å². The van der Waals surface area contributed by atoms with E-state index in [0.717, 1.165) is 29.8 Å². The molecule has 0 bridgehead atoms. The normalized spacial score (nSPS) is 21.6. The van der Waals surface area contributed by atoms with Gasteiger partial charge < -0.3 is 15.5 Å². The zero-order chi connectivity index (χ0) is 18.9. The van der Waals surface area contributed by atoms with Crippen molar-refractivity contribution in [3.63, 3.8) is 0 Å². The second kappa shape index (κ2) is 7.43. The number of ether oxygens (including phenoxy) is 1. The van der Waals surface area contributed by atoms with E-state index in [9.17, 15) is 0 Å². The first-order valence-electron chi connectivity index (χ1n) is 10.3. The number of H-pyrrole nitrogens is 1. The van der Waals surface area contributed by atoms with Crippen LogP contribution in [0.1, 0.15) is 42.9 Å². The van der Waals surface area contributed by atoms with Crippen molar-refractivity contribution in [3.05, 3.63) is 47.9 Å². The number of aromatic amines is 1. The van der Waals surface area contributed by atoms with Gasteiger partial charge >= 0.3 is 0 Å². The van der Waals surface area contributed by atoms with Gasteiger partial charge in [-0.2, -0.15) is 0 Å². The van der Waals surface area contributed by atoms with Crippen molar-refractivity contribution in [1.29, 1.82) is 0 Å². The maximum Gasteiger partial charge on any atom is 0.143 e. The second-order valence-corrected chi connectivity index (χ2v) is 8.04. The zero-order valence-electron chi connectivity index (χ0n) is 16.1. The van der Waals surface area contributed by atoms with Crippen LogP contribution in [0.5, 0.6) is 5.75 Å². The van der Waals surface area contributed by atoms with E-state index < -0.39 is 0 Å². The molecule has 6 heteroatoms. The number of anilines is 1. The molecule has 0 spiro atoms. The van der Waals surface area contributed by atoms with Gasteiger partial charge in [0.1, 0.15) is 30.1 Å². The Bertz CT molecular complexity index is 958. The van der Waals surface area contributed by atoms with Crippen LogP contribution in [-0.4, -0.2) is 45.6 Å². The van der Waals surface area contributed by atoms with Gasteiger partial charge in [0.2, 0.25) is 0 Å². The molecule has 2 aliphatic heterocycles. The van der Waals surface area contributed by atoms with Gasteiger partial charge in [-0.1, -0.05) is 18.2 Å². The number of hydrogen-bond donors (Lipinski definition) is 2. The van der Waals surface area contributed by atoms with Crippen molar-refractivity contribution in [2.75, 3.05) is 25.4 Å². The smallest absolute Gasteiger partial charge is 0.143 e. The molecular weight excluding hydrogens is 350 g/mol. The van der Waals surface area contributed by atoms with E-state index >= 15 is 0 Å². The molecule has 1 saturated carbocycles. The summed E-state index contributed by atoms with van der Waals surface area (Å²) in [4.78, 5) is 13.9. The molecular formula is C22H27N5O. The van der Waals surface area contributed by atoms with Crippen molar-refractivity contribution >= 4 is 16.9 Å². The average molecular weight is 377 g/mol. The van der Waals surface area contributed by atoms with Crippen LogP contribution in [0, 0.1) is 0 Å². The van der Waals surface area contributed by atoms with Gasteiger partial charge in [-0.05, 0) is 68.8 Å². The first-order chi connectivity index (χ1) is 13.8. The predicted molar refractivity (Wildman–Crippen MR) is 111 cm³/mol. The van der Waals surface area contributed by atoms with E-state index in [1.54, 1.807) is 0 Å². The molecule has 0 amide bonds. The molecule has 146 valence electrons. The Hall–Kier alpha value is -2.60. The molecule has 28 heavy (non-hydrogen) atoms. The summed E-state index contributed by atoms with van der Waals surface area (Å²) in [5, 5.41) is 0.949. The fourth-order valence-corrected chi connectivity index (χ4v) is 4.25. The lowest BCUT2D eigenvalue weighted by atomic mass is 10.0. The maximum absolute atomic E-state index is 5.81. The molecule has 3 aliphatic rings. The molecule has 1 aromatic carbocycles. The summed E-state index contributed by atoms with van der Waals surface area (Å²) in [5.41, 5.74) is 9.20. The minimum atomic E-state index is 0.563. The van der Waals surface area contributed by atoms with Gasteiger partial charge in [0, 0.05) is 11.7 Å². The number of nitrogens with one attached hydrogen (secondary N) is 1. The number of nitrogens with zero attached hydrogens (tertiary/aromatic N) is 3. The number of nitrogen functional groups attached to an aromatic ring is 1. The van der Waals surface area contributed by atoms with Gasteiger partial charge in [0.25, 0.3) is 0 Å². The Morgan fingerprint density at radius 2 is 1.93 bits per heavy atom. The standard InChI is InChI=1S/C13H17NO.C9H10N4/c1-2-6-13-11(5-1)9-12(10-15-13)14-7-3-4-8-14;10-8-6-3-7(5-1-2-5)13-9(6)12-4-11-8/h1-2,5-6,12H,3-4,7-10H2;3-5H,1-2H2,(H3,10,11,12,13). The van der Waals surface area contributed by atoms with Crippen LogP contribution in [0.3, 0.4) is 0 Å². The third-order valence-corrected chi connectivity index (χ3v) is 6.01. The lowest BCUT2D eigenvalue weighted by Gasteiger charge is -2.32. The average Bonchev–Trinajstić information content (AvgIpc) is 3.25. The first-order valence-corrected chi connectivity index (χ1v) is 10.3. The monoisotopic (exact) mass is 377 g/mol. The fourth-order valence-electron chi connectivity index (χ4n) is 4.25. The summed E-state index contributed by atoms with van der Waals surface area (Å²) >= 11 is 0. The van der Waals surface area contributed by atoms with Crippen LogP contribution < -0.4 is 10.5 Å². The molecule has 3 N–H and O–H groups in total. The second-order valence-electron chi connectivity index (χ2n) is 8.04. The number of para-hydroxylation sites is 1. The Labute approximate surface area is 165 Å². The molecule has 4 heterocycles. The topological polar surface area (TPSA) is 80.1 Å². The van der Waals surface area contributed by atoms with Crippen molar-refractivity contribution in [3.8, 4) is 5.75 Å². The molecule has 2 aromatic heterocycles. The predicted octanol–water partition coefficient (Wildman–Crippen LogP) is 3.50. The molecule has 2 fully saturated rings. The Kier molecular flexibility index (Phi) is 4.64. The Balaban J connectivity index is 0.000000123. The third-order valence-electron chi connectivity index (χ3n) is 6.01. The van der Waals surface area contributed by atoms with Crippen molar-refractivity contribution in [2.24, 2.45) is 0 Å². The number of benzene rings is 1. The summed E-state index contributed by atoms with van der Waals surface area (Å²) in [6, 6.07) is 11.1. The SMILES string of the molecule is Nc1ncnc2[nH]c(C3CC3)cc12.c1ccc2c(c1)CC(N1CCCC1)CO2. The van der Waals surface area contributed by atoms with Crippen LogP contribution in [-0.2, 0) is 6.42 Å². The minimum Gasteiger partial charge on any atom is -0.492 e. The molecule has 6 rings (SSSR count). The lowest BCUT2D eigenvalue weighted by Crippen LogP contribution is -2.41. The van der Waals surface area contributed by atoms with Crippen LogP contribution in [0.2, 0.25) is 0 Å². The molecule has 1 unspecified atom stereocenters. The van der Waals surface area contributed by atoms with Gasteiger partial charge in [-0.15, -0.1) is 0 Å². The van der Waals surface area contributed by atoms with Crippen LogP contribution in [0.25, 0.3) is 11.0 Å². The summed E-state index contributed by atoms with van der Waals surface area (Å²) < 4.78 is 5.81. The largest absolute Gasteiger partial charge is 0.492 e. The molecule has 3 aromatic rings. The van der Waals surface area contributed by atoms with E-state index in [1.807, 2.05) is 0 Å². The number of likely N-dealkylation sites (tertiary alicyclic amines) is 1. The summed E-state index contributed by atoms with van der Waals surface area (Å²) in [5.74, 6) is 2.36. The zero-order valence-corrected chi connectivity index (χ0v) is 16.1. The molecule has 1 saturated heterocycles. The summed E-state index contributed by atoms with van der Waals surface area (Å²) in [7, 11) is 0. The number of aromatic nitrogens is 3. The van der Waals surface area contributed by atoms with Crippen LogP contribution in [0.4, 0.5) is 5.82 Å².